The Hall–Kier alpha value is -5.25. The average molecular weight is 537 g/mol. The highest BCUT2D eigenvalue weighted by Crippen LogP contribution is 2.36. The second-order valence-corrected chi connectivity index (χ2v) is 9.19. The van der Waals surface area contributed by atoms with Gasteiger partial charge in [0.2, 0.25) is 0 Å². The van der Waals surface area contributed by atoms with Gasteiger partial charge in [0.05, 0.1) is 16.9 Å². The Morgan fingerprint density at radius 1 is 0.950 bits per heavy atom. The number of anilines is 2. The second kappa shape index (κ2) is 11.6. The van der Waals surface area contributed by atoms with Gasteiger partial charge in [-0.3, -0.25) is 9.69 Å². The zero-order valence-corrected chi connectivity index (χ0v) is 22.1. The average Bonchev–Trinajstić information content (AvgIpc) is 3.43. The molecular weight excluding hydrogens is 508 g/mol. The second-order valence-electron chi connectivity index (χ2n) is 9.19. The molecule has 0 aliphatic rings. The van der Waals surface area contributed by atoms with E-state index in [0.29, 0.717) is 40.8 Å². The molecule has 0 atom stereocenters. The number of rotatable bonds is 8. The highest BCUT2D eigenvalue weighted by atomic mass is 16.6. The molecule has 0 bridgehead atoms. The molecule has 0 aliphatic heterocycles. The van der Waals surface area contributed by atoms with E-state index >= 15 is 0 Å². The van der Waals surface area contributed by atoms with E-state index in [1.54, 1.807) is 48.5 Å². The Balaban J connectivity index is 1.47. The van der Waals surface area contributed by atoms with Crippen LogP contribution >= 0.6 is 0 Å². The molecule has 2 amide bonds. The van der Waals surface area contributed by atoms with Crippen molar-refractivity contribution in [2.75, 3.05) is 16.8 Å². The number of para-hydroxylation sites is 2. The maximum atomic E-state index is 13.5. The summed E-state index contributed by atoms with van der Waals surface area (Å²) in [6.07, 6.45) is 0.872. The predicted molar refractivity (Wildman–Crippen MR) is 152 cm³/mol. The van der Waals surface area contributed by atoms with Gasteiger partial charge in [-0.15, -0.1) is 0 Å². The normalized spacial score (nSPS) is 10.8. The number of nitrogens with zero attached hydrogens (tertiary/aromatic N) is 5. The van der Waals surface area contributed by atoms with Crippen LogP contribution in [0.3, 0.4) is 0 Å². The molecule has 4 aromatic carbocycles. The standard InChI is InChI=1S/C30H28N6O4/c1-3-4-19-35(30(39)40-29-32-33-34-36(29)21-12-6-5-7-13-21)26-16-10-14-23-22(26)17-18-24(27(23)37)28(38)31-25-15-9-8-11-20(25)2/h5-18,37H,3-4,19H2,1-2H3,(H,31,38). The number of aromatic hydroxyl groups is 1. The number of hydrogen-bond acceptors (Lipinski definition) is 7. The molecule has 0 unspecified atom stereocenters. The van der Waals surface area contributed by atoms with Gasteiger partial charge in [-0.1, -0.05) is 73.0 Å². The third kappa shape index (κ3) is 5.32. The minimum atomic E-state index is -0.672. The minimum Gasteiger partial charge on any atom is -0.506 e. The number of nitrogens with one attached hydrogen (secondary N) is 1. The summed E-state index contributed by atoms with van der Waals surface area (Å²) in [7, 11) is 0. The molecule has 202 valence electrons. The first kappa shape index (κ1) is 26.4. The molecule has 0 aliphatic carbocycles. The number of carbonyl (C=O) groups is 2. The van der Waals surface area contributed by atoms with Gasteiger partial charge >= 0.3 is 12.1 Å². The first-order valence-electron chi connectivity index (χ1n) is 12.9. The summed E-state index contributed by atoms with van der Waals surface area (Å²) in [5.41, 5.74) is 2.85. The van der Waals surface area contributed by atoms with Crippen LogP contribution in [0.15, 0.2) is 84.9 Å². The minimum absolute atomic E-state index is 0.0732. The van der Waals surface area contributed by atoms with Crippen molar-refractivity contribution in [1.82, 2.24) is 20.2 Å². The van der Waals surface area contributed by atoms with Crippen LogP contribution in [0.5, 0.6) is 11.8 Å². The number of phenols is 1. The summed E-state index contributed by atoms with van der Waals surface area (Å²) >= 11 is 0. The maximum absolute atomic E-state index is 13.5. The topological polar surface area (TPSA) is 122 Å². The molecule has 1 aromatic heterocycles. The van der Waals surface area contributed by atoms with Crippen LogP contribution in [0.2, 0.25) is 0 Å². The van der Waals surface area contributed by atoms with Crippen molar-refractivity contribution >= 4 is 34.1 Å². The third-order valence-electron chi connectivity index (χ3n) is 6.51. The lowest BCUT2D eigenvalue weighted by Crippen LogP contribution is -2.35. The smallest absolute Gasteiger partial charge is 0.422 e. The van der Waals surface area contributed by atoms with Gasteiger partial charge in [-0.2, -0.15) is 4.68 Å². The van der Waals surface area contributed by atoms with Gasteiger partial charge in [0.1, 0.15) is 5.75 Å². The molecule has 0 saturated heterocycles. The number of fused-ring (bicyclic) bond motifs is 1. The zero-order chi connectivity index (χ0) is 28.1. The maximum Gasteiger partial charge on any atom is 0.422 e. The lowest BCUT2D eigenvalue weighted by atomic mass is 10.0. The summed E-state index contributed by atoms with van der Waals surface area (Å²) in [4.78, 5) is 28.0. The van der Waals surface area contributed by atoms with Gasteiger partial charge in [-0.25, -0.2) is 4.79 Å². The first-order valence-corrected chi connectivity index (χ1v) is 12.9. The Morgan fingerprint density at radius 3 is 2.50 bits per heavy atom. The number of amides is 2. The SMILES string of the molecule is CCCCN(C(=O)Oc1nnnn1-c1ccccc1)c1cccc2c(O)c(C(=O)Nc3ccccc3C)ccc12. The van der Waals surface area contributed by atoms with E-state index in [0.717, 1.165) is 12.0 Å². The van der Waals surface area contributed by atoms with E-state index in [1.165, 1.54) is 9.58 Å². The fraction of sp³-hybridized carbons (Fsp3) is 0.167. The highest BCUT2D eigenvalue weighted by Gasteiger charge is 2.24. The van der Waals surface area contributed by atoms with Crippen LogP contribution in [-0.4, -0.2) is 43.9 Å². The van der Waals surface area contributed by atoms with Gasteiger partial charge in [-0.05, 0) is 59.7 Å². The third-order valence-corrected chi connectivity index (χ3v) is 6.51. The molecule has 40 heavy (non-hydrogen) atoms. The monoisotopic (exact) mass is 536 g/mol. The molecule has 10 heteroatoms. The van der Waals surface area contributed by atoms with Gasteiger partial charge in [0.25, 0.3) is 5.91 Å². The van der Waals surface area contributed by atoms with Crippen molar-refractivity contribution in [1.29, 1.82) is 0 Å². The van der Waals surface area contributed by atoms with Crippen LogP contribution in [-0.2, 0) is 0 Å². The van der Waals surface area contributed by atoms with Crippen molar-refractivity contribution in [2.24, 2.45) is 0 Å². The van der Waals surface area contributed by atoms with Crippen molar-refractivity contribution in [3.63, 3.8) is 0 Å². The molecule has 5 rings (SSSR count). The number of carbonyl (C=O) groups excluding carboxylic acids is 2. The molecule has 5 aromatic rings. The summed E-state index contributed by atoms with van der Waals surface area (Å²) < 4.78 is 7.00. The number of ether oxygens (including phenoxy) is 1. The number of phenolic OH excluding ortho intramolecular Hbond substituents is 1. The van der Waals surface area contributed by atoms with Crippen LogP contribution < -0.4 is 15.0 Å². The zero-order valence-electron chi connectivity index (χ0n) is 22.1. The van der Waals surface area contributed by atoms with E-state index in [2.05, 4.69) is 20.8 Å². The number of hydrogen-bond donors (Lipinski definition) is 2. The fourth-order valence-electron chi connectivity index (χ4n) is 4.38. The molecule has 2 N–H and O–H groups in total. The first-order chi connectivity index (χ1) is 19.5. The van der Waals surface area contributed by atoms with Crippen LogP contribution in [0.4, 0.5) is 16.2 Å². The predicted octanol–water partition coefficient (Wildman–Crippen LogP) is 5.89. The quantitative estimate of drug-likeness (QED) is 0.254. The number of benzene rings is 4. The lowest BCUT2D eigenvalue weighted by Gasteiger charge is -2.23. The van der Waals surface area contributed by atoms with Gasteiger partial charge in [0, 0.05) is 23.0 Å². The van der Waals surface area contributed by atoms with E-state index < -0.39 is 12.0 Å². The molecule has 10 nitrogen and oxygen atoms in total. The number of aryl methyl sites for hydroxylation is 1. The van der Waals surface area contributed by atoms with Crippen molar-refractivity contribution in [3.8, 4) is 17.4 Å². The molecule has 0 radical (unpaired) electrons. The van der Waals surface area contributed by atoms with E-state index in [-0.39, 0.29) is 17.3 Å². The molecule has 0 fully saturated rings. The highest BCUT2D eigenvalue weighted by molar-refractivity contribution is 6.12. The van der Waals surface area contributed by atoms with E-state index in [9.17, 15) is 14.7 Å². The summed E-state index contributed by atoms with van der Waals surface area (Å²) in [5.74, 6) is -0.614. The fourth-order valence-corrected chi connectivity index (χ4v) is 4.38. The van der Waals surface area contributed by atoms with Gasteiger partial charge in [0.15, 0.2) is 0 Å². The number of tetrazole rings is 1. The van der Waals surface area contributed by atoms with Crippen molar-refractivity contribution < 1.29 is 19.4 Å². The number of unbranched alkanes of at least 4 members (excludes halogenated alkanes) is 1. The Morgan fingerprint density at radius 2 is 1.73 bits per heavy atom. The summed E-state index contributed by atoms with van der Waals surface area (Å²) in [6.45, 7) is 4.27. The molecule has 0 spiro atoms. The summed E-state index contributed by atoms with van der Waals surface area (Å²) in [5, 5.41) is 26.5. The van der Waals surface area contributed by atoms with Crippen LogP contribution in [0, 0.1) is 6.92 Å². The largest absolute Gasteiger partial charge is 0.506 e. The molecular formula is C30H28N6O4. The number of aromatic nitrogens is 4. The molecule has 1 heterocycles. The van der Waals surface area contributed by atoms with Crippen LogP contribution in [0.1, 0.15) is 35.7 Å². The van der Waals surface area contributed by atoms with Crippen LogP contribution in [0.25, 0.3) is 16.5 Å². The van der Waals surface area contributed by atoms with Crippen molar-refractivity contribution in [2.45, 2.75) is 26.7 Å². The van der Waals surface area contributed by atoms with E-state index in [1.807, 2.05) is 50.2 Å². The Bertz CT molecular complexity index is 1670. The van der Waals surface area contributed by atoms with Crippen molar-refractivity contribution in [3.05, 3.63) is 96.1 Å². The Labute approximate surface area is 230 Å². The molecule has 0 saturated carbocycles. The summed E-state index contributed by atoms with van der Waals surface area (Å²) in [6, 6.07) is 24.9. The lowest BCUT2D eigenvalue weighted by molar-refractivity contribution is 0.102. The Kier molecular flexibility index (Phi) is 7.68. The van der Waals surface area contributed by atoms with Gasteiger partial charge < -0.3 is 15.2 Å². The van der Waals surface area contributed by atoms with E-state index in [4.69, 9.17) is 4.74 Å².